The number of rotatable bonds is 6. The second-order valence-electron chi connectivity index (χ2n) is 4.45. The van der Waals surface area contributed by atoms with Crippen LogP contribution in [0.5, 0.6) is 0 Å². The first kappa shape index (κ1) is 17.4. The van der Waals surface area contributed by atoms with E-state index in [-0.39, 0.29) is 23.4 Å². The van der Waals surface area contributed by atoms with Gasteiger partial charge in [0.05, 0.1) is 0 Å². The van der Waals surface area contributed by atoms with Crippen molar-refractivity contribution >= 4 is 33.6 Å². The van der Waals surface area contributed by atoms with Crippen molar-refractivity contribution in [3.8, 4) is 0 Å². The van der Waals surface area contributed by atoms with Gasteiger partial charge < -0.3 is 15.7 Å². The molecule has 1 aromatic carbocycles. The molecule has 0 aromatic heterocycles. The first-order valence-corrected chi connectivity index (χ1v) is 7.04. The van der Waals surface area contributed by atoms with Crippen molar-refractivity contribution in [2.75, 3.05) is 11.9 Å². The Morgan fingerprint density at radius 1 is 1.33 bits per heavy atom. The first-order chi connectivity index (χ1) is 9.83. The summed E-state index contributed by atoms with van der Waals surface area (Å²) in [5.74, 6) is -3.02. The van der Waals surface area contributed by atoms with Gasteiger partial charge in [-0.1, -0.05) is 29.3 Å². The molecule has 1 unspecified atom stereocenters. The molecule has 0 aliphatic heterocycles. The van der Waals surface area contributed by atoms with Crippen LogP contribution in [-0.2, 0) is 4.79 Å². The summed E-state index contributed by atoms with van der Waals surface area (Å²) < 4.78 is 27.3. The van der Waals surface area contributed by atoms with Crippen LogP contribution in [0.3, 0.4) is 0 Å². The maximum Gasteiger partial charge on any atom is 0.319 e. The highest BCUT2D eigenvalue weighted by atomic mass is 79.9. The standard InChI is InChI=1S/C13H15BrF2N2O3/c1-2-7(3-11(19)20)6-17-13(21)18-12-9(15)4-8(14)5-10(12)16/h4-5,7H,2-3,6H2,1H3,(H,19,20)(H2,17,18,21). The lowest BCUT2D eigenvalue weighted by atomic mass is 10.0. The smallest absolute Gasteiger partial charge is 0.319 e. The normalized spacial score (nSPS) is 11.8. The monoisotopic (exact) mass is 364 g/mol. The Kier molecular flexibility index (Phi) is 6.54. The number of hydrogen-bond donors (Lipinski definition) is 3. The number of benzene rings is 1. The molecule has 0 radical (unpaired) electrons. The van der Waals surface area contributed by atoms with E-state index < -0.39 is 29.3 Å². The molecule has 5 nitrogen and oxygen atoms in total. The molecule has 0 saturated heterocycles. The second-order valence-corrected chi connectivity index (χ2v) is 5.37. The van der Waals surface area contributed by atoms with E-state index >= 15 is 0 Å². The topological polar surface area (TPSA) is 78.4 Å². The van der Waals surface area contributed by atoms with Gasteiger partial charge in [-0.2, -0.15) is 0 Å². The van der Waals surface area contributed by atoms with E-state index in [0.717, 1.165) is 12.1 Å². The Hall–Kier alpha value is -1.70. The predicted octanol–water partition coefficient (Wildman–Crippen LogP) is 3.35. The molecule has 21 heavy (non-hydrogen) atoms. The summed E-state index contributed by atoms with van der Waals surface area (Å²) in [6.07, 6.45) is 0.478. The third kappa shape index (κ3) is 5.66. The highest BCUT2D eigenvalue weighted by molar-refractivity contribution is 9.10. The van der Waals surface area contributed by atoms with E-state index in [1.54, 1.807) is 6.92 Å². The Labute approximate surface area is 128 Å². The van der Waals surface area contributed by atoms with Crippen LogP contribution >= 0.6 is 15.9 Å². The van der Waals surface area contributed by atoms with Crippen LogP contribution in [0.15, 0.2) is 16.6 Å². The number of carbonyl (C=O) groups excluding carboxylic acids is 1. The van der Waals surface area contributed by atoms with Crippen LogP contribution in [0, 0.1) is 17.6 Å². The SMILES string of the molecule is CCC(CNC(=O)Nc1c(F)cc(Br)cc1F)CC(=O)O. The van der Waals surface area contributed by atoms with Gasteiger partial charge in [-0.3, -0.25) is 4.79 Å². The minimum absolute atomic E-state index is 0.0855. The summed E-state index contributed by atoms with van der Waals surface area (Å²) in [6.45, 7) is 1.90. The molecule has 1 atom stereocenters. The molecular formula is C13H15BrF2N2O3. The van der Waals surface area contributed by atoms with E-state index in [1.807, 2.05) is 0 Å². The molecule has 8 heteroatoms. The van der Waals surface area contributed by atoms with Crippen molar-refractivity contribution in [1.29, 1.82) is 0 Å². The van der Waals surface area contributed by atoms with E-state index in [1.165, 1.54) is 0 Å². The molecule has 0 bridgehead atoms. The number of hydrogen-bond acceptors (Lipinski definition) is 2. The van der Waals surface area contributed by atoms with Crippen molar-refractivity contribution in [2.45, 2.75) is 19.8 Å². The van der Waals surface area contributed by atoms with E-state index in [9.17, 15) is 18.4 Å². The zero-order valence-electron chi connectivity index (χ0n) is 11.3. The van der Waals surface area contributed by atoms with Gasteiger partial charge in [-0.05, 0) is 18.1 Å². The Balaban J connectivity index is 2.60. The Morgan fingerprint density at radius 3 is 2.38 bits per heavy atom. The highest BCUT2D eigenvalue weighted by Crippen LogP contribution is 2.23. The van der Waals surface area contributed by atoms with Crippen LogP contribution in [0.25, 0.3) is 0 Å². The van der Waals surface area contributed by atoms with Crippen molar-refractivity contribution in [3.05, 3.63) is 28.2 Å². The molecule has 3 N–H and O–H groups in total. The van der Waals surface area contributed by atoms with Gasteiger partial charge in [0.2, 0.25) is 0 Å². The number of halogens is 3. The fourth-order valence-electron chi connectivity index (χ4n) is 1.66. The van der Waals surface area contributed by atoms with Gasteiger partial charge in [-0.15, -0.1) is 0 Å². The molecule has 0 aliphatic carbocycles. The number of aliphatic carboxylic acids is 1. The molecule has 116 valence electrons. The molecular weight excluding hydrogens is 350 g/mol. The van der Waals surface area contributed by atoms with Gasteiger partial charge in [0, 0.05) is 17.4 Å². The van der Waals surface area contributed by atoms with E-state index in [4.69, 9.17) is 5.11 Å². The van der Waals surface area contributed by atoms with Gasteiger partial charge >= 0.3 is 12.0 Å². The summed E-state index contributed by atoms with van der Waals surface area (Å²) in [5.41, 5.74) is -0.554. The molecule has 0 saturated carbocycles. The van der Waals surface area contributed by atoms with Crippen LogP contribution < -0.4 is 10.6 Å². The molecule has 2 amide bonds. The van der Waals surface area contributed by atoms with Gasteiger partial charge in [-0.25, -0.2) is 13.6 Å². The number of carbonyl (C=O) groups is 2. The lowest BCUT2D eigenvalue weighted by molar-refractivity contribution is -0.138. The van der Waals surface area contributed by atoms with Crippen molar-refractivity contribution in [3.63, 3.8) is 0 Å². The third-order valence-electron chi connectivity index (χ3n) is 2.84. The number of carboxylic acids is 1. The molecule has 0 fully saturated rings. The Morgan fingerprint density at radius 2 is 1.90 bits per heavy atom. The third-order valence-corrected chi connectivity index (χ3v) is 3.30. The van der Waals surface area contributed by atoms with E-state index in [0.29, 0.717) is 6.42 Å². The van der Waals surface area contributed by atoms with Crippen molar-refractivity contribution in [1.82, 2.24) is 5.32 Å². The van der Waals surface area contributed by atoms with Crippen LogP contribution in [0.4, 0.5) is 19.3 Å². The zero-order chi connectivity index (χ0) is 16.0. The summed E-state index contributed by atoms with van der Waals surface area (Å²) in [7, 11) is 0. The summed E-state index contributed by atoms with van der Waals surface area (Å²) in [6, 6.07) is 1.26. The minimum atomic E-state index is -0.964. The molecule has 1 aromatic rings. The van der Waals surface area contributed by atoms with Crippen molar-refractivity contribution < 1.29 is 23.5 Å². The lowest BCUT2D eigenvalue weighted by Crippen LogP contribution is -2.34. The Bertz CT molecular complexity index is 517. The van der Waals surface area contributed by atoms with Gasteiger partial charge in [0.25, 0.3) is 0 Å². The fourth-order valence-corrected chi connectivity index (χ4v) is 2.07. The second kappa shape index (κ2) is 7.92. The number of amides is 2. The number of urea groups is 1. The first-order valence-electron chi connectivity index (χ1n) is 6.24. The van der Waals surface area contributed by atoms with Gasteiger partial charge in [0.1, 0.15) is 5.69 Å². The molecule has 1 rings (SSSR count). The van der Waals surface area contributed by atoms with Gasteiger partial charge in [0.15, 0.2) is 11.6 Å². The molecule has 0 heterocycles. The largest absolute Gasteiger partial charge is 0.481 e. The average molecular weight is 365 g/mol. The van der Waals surface area contributed by atoms with E-state index in [2.05, 4.69) is 26.6 Å². The van der Waals surface area contributed by atoms with Crippen LogP contribution in [0.1, 0.15) is 19.8 Å². The molecule has 0 spiro atoms. The summed E-state index contributed by atoms with van der Waals surface area (Å²) >= 11 is 2.93. The quantitative estimate of drug-likeness (QED) is 0.724. The number of nitrogens with one attached hydrogen (secondary N) is 2. The predicted molar refractivity (Wildman–Crippen MR) is 77.1 cm³/mol. The number of carboxylic acid groups (broad SMARTS) is 1. The zero-order valence-corrected chi connectivity index (χ0v) is 12.8. The maximum absolute atomic E-state index is 13.5. The maximum atomic E-state index is 13.5. The van der Waals surface area contributed by atoms with Crippen molar-refractivity contribution in [2.24, 2.45) is 5.92 Å². The highest BCUT2D eigenvalue weighted by Gasteiger charge is 2.15. The lowest BCUT2D eigenvalue weighted by Gasteiger charge is -2.14. The fraction of sp³-hybridized carbons (Fsp3) is 0.385. The number of anilines is 1. The van der Waals surface area contributed by atoms with Crippen LogP contribution in [0.2, 0.25) is 0 Å². The minimum Gasteiger partial charge on any atom is -0.481 e. The summed E-state index contributed by atoms with van der Waals surface area (Å²) in [4.78, 5) is 22.2. The average Bonchev–Trinajstić information content (AvgIpc) is 2.38. The molecule has 0 aliphatic rings. The summed E-state index contributed by atoms with van der Waals surface area (Å²) in [5, 5.41) is 13.2. The van der Waals surface area contributed by atoms with Crippen LogP contribution in [-0.4, -0.2) is 23.7 Å².